The van der Waals surface area contributed by atoms with E-state index in [1.165, 1.54) is 7.11 Å². The van der Waals surface area contributed by atoms with Gasteiger partial charge >= 0.3 is 6.09 Å². The van der Waals surface area contributed by atoms with Gasteiger partial charge in [-0.25, -0.2) is 4.79 Å². The molecular weight excluding hydrogens is 523 g/mol. The first-order valence-electron chi connectivity index (χ1n) is 9.47. The van der Waals surface area contributed by atoms with Gasteiger partial charge in [-0.2, -0.15) is 4.98 Å². The van der Waals surface area contributed by atoms with Crippen LogP contribution in [0.4, 0.5) is 4.79 Å². The van der Waals surface area contributed by atoms with Crippen LogP contribution < -0.4 is 10.6 Å². The molecule has 1 amide bonds. The van der Waals surface area contributed by atoms with E-state index >= 15 is 0 Å². The van der Waals surface area contributed by atoms with E-state index < -0.39 is 0 Å². The molecule has 0 bridgehead atoms. The SMILES string of the molecule is CN=C(NCCc1nc(-c2cccc(Cl)c2)no1)NC1CCN(C(=O)OC)CC1.I. The number of hydrogen-bond acceptors (Lipinski definition) is 6. The second-order valence-corrected chi connectivity index (χ2v) is 7.08. The van der Waals surface area contributed by atoms with Gasteiger partial charge in [0.2, 0.25) is 11.7 Å². The van der Waals surface area contributed by atoms with Gasteiger partial charge in [-0.3, -0.25) is 4.99 Å². The molecule has 1 fully saturated rings. The van der Waals surface area contributed by atoms with Crippen molar-refractivity contribution in [1.29, 1.82) is 0 Å². The summed E-state index contributed by atoms with van der Waals surface area (Å²) < 4.78 is 10.1. The van der Waals surface area contributed by atoms with Gasteiger partial charge in [-0.1, -0.05) is 28.9 Å². The number of aromatic nitrogens is 2. The van der Waals surface area contributed by atoms with E-state index in [1.54, 1.807) is 24.1 Å². The average molecular weight is 549 g/mol. The Morgan fingerprint density at radius 1 is 1.40 bits per heavy atom. The number of guanidine groups is 1. The number of carbonyl (C=O) groups is 1. The van der Waals surface area contributed by atoms with Crippen molar-refractivity contribution in [2.45, 2.75) is 25.3 Å². The number of piperidine rings is 1. The fraction of sp³-hybridized carbons (Fsp3) is 0.474. The predicted octanol–water partition coefficient (Wildman–Crippen LogP) is 2.95. The highest BCUT2D eigenvalue weighted by Crippen LogP contribution is 2.20. The van der Waals surface area contributed by atoms with Gasteiger partial charge in [-0.05, 0) is 25.0 Å². The van der Waals surface area contributed by atoms with Gasteiger partial charge in [-0.15, -0.1) is 24.0 Å². The third-order valence-corrected chi connectivity index (χ3v) is 4.91. The van der Waals surface area contributed by atoms with Gasteiger partial charge in [0.05, 0.1) is 7.11 Å². The topological polar surface area (TPSA) is 105 Å². The van der Waals surface area contributed by atoms with Crippen LogP contribution in [-0.4, -0.2) is 66.9 Å². The molecule has 0 radical (unpaired) electrons. The molecule has 0 spiro atoms. The van der Waals surface area contributed by atoms with Crippen LogP contribution in [0.2, 0.25) is 5.02 Å². The van der Waals surface area contributed by atoms with Crippen LogP contribution in [0.5, 0.6) is 0 Å². The number of carbonyl (C=O) groups excluding carboxylic acids is 1. The van der Waals surface area contributed by atoms with Gasteiger partial charge in [0.1, 0.15) is 0 Å². The normalized spacial score (nSPS) is 14.8. The van der Waals surface area contributed by atoms with Gasteiger partial charge in [0, 0.05) is 49.7 Å². The van der Waals surface area contributed by atoms with Crippen LogP contribution in [-0.2, 0) is 11.2 Å². The minimum Gasteiger partial charge on any atom is -0.453 e. The molecule has 30 heavy (non-hydrogen) atoms. The second kappa shape index (κ2) is 11.9. The first-order valence-corrected chi connectivity index (χ1v) is 9.85. The lowest BCUT2D eigenvalue weighted by Crippen LogP contribution is -2.50. The van der Waals surface area contributed by atoms with Crippen molar-refractivity contribution >= 4 is 47.6 Å². The van der Waals surface area contributed by atoms with Gasteiger partial charge in [0.15, 0.2) is 5.96 Å². The molecule has 11 heteroatoms. The standard InChI is InChI=1S/C19H25ClN6O3.HI/c1-21-18(23-15-7-10-26(11-8-15)19(27)28-2)22-9-6-16-24-17(25-29-16)13-4-3-5-14(20)12-13;/h3-5,12,15H,6-11H2,1-2H3,(H2,21,22,23);1H. The highest BCUT2D eigenvalue weighted by molar-refractivity contribution is 14.0. The molecule has 0 atom stereocenters. The Bertz CT molecular complexity index is 854. The largest absolute Gasteiger partial charge is 0.453 e. The van der Waals surface area contributed by atoms with Crippen LogP contribution in [0.3, 0.4) is 0 Å². The van der Waals surface area contributed by atoms with Crippen molar-refractivity contribution in [3.05, 3.63) is 35.2 Å². The van der Waals surface area contributed by atoms with Crippen molar-refractivity contribution < 1.29 is 14.1 Å². The summed E-state index contributed by atoms with van der Waals surface area (Å²) in [6.45, 7) is 1.92. The number of ether oxygens (including phenoxy) is 1. The lowest BCUT2D eigenvalue weighted by Gasteiger charge is -2.32. The van der Waals surface area contributed by atoms with Crippen molar-refractivity contribution in [1.82, 2.24) is 25.7 Å². The Hall–Kier alpha value is -2.08. The molecule has 3 rings (SSSR count). The third kappa shape index (κ3) is 6.73. The van der Waals surface area contributed by atoms with Crippen molar-refractivity contribution in [3.8, 4) is 11.4 Å². The Labute approximate surface area is 197 Å². The number of rotatable bonds is 5. The fourth-order valence-corrected chi connectivity index (χ4v) is 3.30. The molecule has 2 N–H and O–H groups in total. The predicted molar refractivity (Wildman–Crippen MR) is 125 cm³/mol. The number of nitrogens with one attached hydrogen (secondary N) is 2. The number of halogens is 2. The van der Waals surface area contributed by atoms with Crippen LogP contribution in [0.1, 0.15) is 18.7 Å². The molecule has 1 saturated heterocycles. The molecule has 2 heterocycles. The van der Waals surface area contributed by atoms with E-state index in [9.17, 15) is 4.79 Å². The minimum atomic E-state index is -0.275. The maximum Gasteiger partial charge on any atom is 0.409 e. The van der Waals surface area contributed by atoms with E-state index in [-0.39, 0.29) is 36.1 Å². The van der Waals surface area contributed by atoms with Crippen molar-refractivity contribution in [2.75, 3.05) is 33.8 Å². The highest BCUT2D eigenvalue weighted by atomic mass is 127. The summed E-state index contributed by atoms with van der Waals surface area (Å²) in [5.74, 6) is 1.76. The third-order valence-electron chi connectivity index (χ3n) is 4.67. The number of aliphatic imine (C=N–C) groups is 1. The summed E-state index contributed by atoms with van der Waals surface area (Å²) >= 11 is 6.00. The van der Waals surface area contributed by atoms with Gasteiger partial charge in [0.25, 0.3) is 0 Å². The molecule has 2 aromatic rings. The molecule has 1 aliphatic rings. The number of likely N-dealkylation sites (tertiary alicyclic amines) is 1. The maximum atomic E-state index is 11.6. The number of hydrogen-bond donors (Lipinski definition) is 2. The minimum absolute atomic E-state index is 0. The van der Waals surface area contributed by atoms with Crippen LogP contribution in [0.25, 0.3) is 11.4 Å². The summed E-state index contributed by atoms with van der Waals surface area (Å²) in [6, 6.07) is 7.58. The summed E-state index contributed by atoms with van der Waals surface area (Å²) in [7, 11) is 3.13. The van der Waals surface area contributed by atoms with Crippen LogP contribution >= 0.6 is 35.6 Å². The Kier molecular flexibility index (Phi) is 9.63. The number of nitrogens with zero attached hydrogens (tertiary/aromatic N) is 4. The van der Waals surface area contributed by atoms with Crippen molar-refractivity contribution in [2.24, 2.45) is 4.99 Å². The Balaban J connectivity index is 0.00000320. The molecule has 9 nitrogen and oxygen atoms in total. The molecule has 1 aromatic heterocycles. The monoisotopic (exact) mass is 548 g/mol. The number of benzene rings is 1. The van der Waals surface area contributed by atoms with E-state index in [2.05, 4.69) is 25.8 Å². The maximum absolute atomic E-state index is 11.6. The van der Waals surface area contributed by atoms with E-state index in [1.807, 2.05) is 12.1 Å². The first-order chi connectivity index (χ1) is 14.1. The van der Waals surface area contributed by atoms with Crippen molar-refractivity contribution in [3.63, 3.8) is 0 Å². The molecule has 0 unspecified atom stereocenters. The highest BCUT2D eigenvalue weighted by Gasteiger charge is 2.23. The molecule has 1 aromatic carbocycles. The average Bonchev–Trinajstić information content (AvgIpc) is 3.22. The summed E-state index contributed by atoms with van der Waals surface area (Å²) in [5, 5.41) is 11.3. The Morgan fingerprint density at radius 3 is 2.83 bits per heavy atom. The van der Waals surface area contributed by atoms with Crippen LogP contribution in [0, 0.1) is 0 Å². The quantitative estimate of drug-likeness (QED) is 0.336. The van der Waals surface area contributed by atoms with E-state index in [4.69, 9.17) is 20.9 Å². The summed E-state index contributed by atoms with van der Waals surface area (Å²) in [5.41, 5.74) is 0.816. The summed E-state index contributed by atoms with van der Waals surface area (Å²) in [4.78, 5) is 21.9. The zero-order valence-electron chi connectivity index (χ0n) is 16.9. The fourth-order valence-electron chi connectivity index (χ4n) is 3.11. The zero-order chi connectivity index (χ0) is 20.6. The van der Waals surface area contributed by atoms with E-state index in [0.717, 1.165) is 18.4 Å². The zero-order valence-corrected chi connectivity index (χ0v) is 20.0. The molecular formula is C19H26ClIN6O3. The lowest BCUT2D eigenvalue weighted by atomic mass is 10.1. The smallest absolute Gasteiger partial charge is 0.409 e. The van der Waals surface area contributed by atoms with E-state index in [0.29, 0.717) is 48.8 Å². The van der Waals surface area contributed by atoms with Gasteiger partial charge < -0.3 is 24.8 Å². The molecule has 0 aliphatic carbocycles. The first kappa shape index (κ1) is 24.2. The molecule has 1 aliphatic heterocycles. The number of methoxy groups -OCH3 is 1. The number of amides is 1. The Morgan fingerprint density at radius 2 is 2.17 bits per heavy atom. The second-order valence-electron chi connectivity index (χ2n) is 6.65. The summed E-state index contributed by atoms with van der Waals surface area (Å²) in [6.07, 6.45) is 1.96. The molecule has 0 saturated carbocycles. The van der Waals surface area contributed by atoms with Crippen LogP contribution in [0.15, 0.2) is 33.8 Å². The lowest BCUT2D eigenvalue weighted by molar-refractivity contribution is 0.111. The molecule has 164 valence electrons.